The first-order chi connectivity index (χ1) is 10.4. The van der Waals surface area contributed by atoms with Crippen molar-refractivity contribution in [2.75, 3.05) is 5.73 Å². The normalized spacial score (nSPS) is 10.2. The number of H-pyrrole nitrogens is 1. The lowest BCUT2D eigenvalue weighted by molar-refractivity contribution is 1.43. The molecule has 114 valence electrons. The van der Waals surface area contributed by atoms with Gasteiger partial charge in [-0.3, -0.25) is 0 Å². The van der Waals surface area contributed by atoms with E-state index < -0.39 is 0 Å². The highest BCUT2D eigenvalue weighted by atomic mass is 35.5. The molecule has 2 aromatic carbocycles. The van der Waals surface area contributed by atoms with E-state index in [1.165, 1.54) is 10.9 Å². The highest BCUT2D eigenvalue weighted by Crippen LogP contribution is 2.24. The molecule has 0 spiro atoms. The molecule has 0 saturated heterocycles. The molecule has 3 rings (SSSR count). The van der Waals surface area contributed by atoms with E-state index in [9.17, 15) is 0 Å². The van der Waals surface area contributed by atoms with Gasteiger partial charge in [-0.25, -0.2) is 0 Å². The third kappa shape index (κ3) is 3.85. The summed E-state index contributed by atoms with van der Waals surface area (Å²) in [5.74, 6) is 0. The minimum absolute atomic E-state index is 0.492. The summed E-state index contributed by atoms with van der Waals surface area (Å²) in [6, 6.07) is 11.6. The van der Waals surface area contributed by atoms with Gasteiger partial charge in [0.1, 0.15) is 0 Å². The molecular weight excluding hydrogens is 315 g/mol. The largest absolute Gasteiger partial charge is 0.398 e. The van der Waals surface area contributed by atoms with Gasteiger partial charge in [0.25, 0.3) is 0 Å². The minimum Gasteiger partial charge on any atom is -0.398 e. The summed E-state index contributed by atoms with van der Waals surface area (Å²) in [5.41, 5.74) is 10.7. The molecule has 0 fully saturated rings. The molecule has 0 saturated carbocycles. The van der Waals surface area contributed by atoms with Crippen LogP contribution in [0.1, 0.15) is 16.7 Å². The molecule has 1 heterocycles. The average molecular weight is 333 g/mol. The number of nitrogens with one attached hydrogen (secondary N) is 1. The zero-order chi connectivity index (χ0) is 16.3. The molecule has 0 unspecified atom stereocenters. The Morgan fingerprint density at radius 2 is 1.86 bits per heavy atom. The monoisotopic (exact) mass is 332 g/mol. The lowest BCUT2D eigenvalue weighted by Crippen LogP contribution is -1.90. The van der Waals surface area contributed by atoms with E-state index in [-0.39, 0.29) is 0 Å². The number of anilines is 1. The van der Waals surface area contributed by atoms with Crippen molar-refractivity contribution in [3.63, 3.8) is 0 Å². The van der Waals surface area contributed by atoms with Crippen molar-refractivity contribution in [3.05, 3.63) is 70.9 Å². The van der Waals surface area contributed by atoms with Crippen LogP contribution in [0.4, 0.5) is 5.69 Å². The molecule has 0 aliphatic carbocycles. The molecule has 3 N–H and O–H groups in total. The van der Waals surface area contributed by atoms with E-state index in [2.05, 4.69) is 18.5 Å². The van der Waals surface area contributed by atoms with Gasteiger partial charge in [-0.2, -0.15) is 0 Å². The molecule has 2 nitrogen and oxygen atoms in total. The number of benzene rings is 2. The van der Waals surface area contributed by atoms with Crippen molar-refractivity contribution >= 4 is 44.8 Å². The van der Waals surface area contributed by atoms with Gasteiger partial charge in [-0.05, 0) is 49.7 Å². The second kappa shape index (κ2) is 6.91. The summed E-state index contributed by atoms with van der Waals surface area (Å²) in [4.78, 5) is 3.16. The fraction of sp³-hybridized carbons (Fsp3) is 0.111. The topological polar surface area (TPSA) is 41.8 Å². The number of halogens is 2. The average Bonchev–Trinajstić information content (AvgIpc) is 2.83. The molecule has 0 atom stereocenters. The summed E-state index contributed by atoms with van der Waals surface area (Å²) in [5, 5.41) is 2.49. The first kappa shape index (κ1) is 16.5. The predicted molar refractivity (Wildman–Crippen MR) is 98.5 cm³/mol. The van der Waals surface area contributed by atoms with Crippen LogP contribution in [0.5, 0.6) is 0 Å². The van der Waals surface area contributed by atoms with Gasteiger partial charge < -0.3 is 10.7 Å². The summed E-state index contributed by atoms with van der Waals surface area (Å²) in [7, 11) is 0. The van der Waals surface area contributed by atoms with Crippen LogP contribution in [-0.4, -0.2) is 4.98 Å². The maximum Gasteiger partial charge on any atom is 0.0457 e. The predicted octanol–water partition coefficient (Wildman–Crippen LogP) is 5.92. The van der Waals surface area contributed by atoms with Crippen molar-refractivity contribution < 1.29 is 0 Å². The van der Waals surface area contributed by atoms with Gasteiger partial charge in [0.2, 0.25) is 0 Å². The van der Waals surface area contributed by atoms with Crippen molar-refractivity contribution in [1.29, 1.82) is 0 Å². The van der Waals surface area contributed by atoms with E-state index in [0.717, 1.165) is 21.7 Å². The first-order valence-corrected chi connectivity index (χ1v) is 7.58. The third-order valence-electron chi connectivity index (χ3n) is 3.35. The van der Waals surface area contributed by atoms with Crippen LogP contribution in [0, 0.1) is 13.8 Å². The number of hydrogen-bond acceptors (Lipinski definition) is 1. The van der Waals surface area contributed by atoms with Crippen LogP contribution < -0.4 is 5.73 Å². The Labute approximate surface area is 140 Å². The summed E-state index contributed by atoms with van der Waals surface area (Å²) in [6.45, 7) is 7.67. The molecule has 1 aromatic heterocycles. The molecule has 4 heteroatoms. The maximum atomic E-state index is 5.83. The number of fused-ring (bicyclic) bond motifs is 1. The standard InChI is InChI=1S/C9H8ClN.C9H10ClN/c1-6-5-11-9-3-2-7(10)4-8(6)9;1-6-3-4-9(11)8(5-6)7(2)10/h2-5,11H,1H3;3-5H,2,11H2,1H3. The third-order valence-corrected chi connectivity index (χ3v) is 3.79. The molecule has 0 aliphatic rings. The second-order valence-electron chi connectivity index (χ2n) is 5.16. The van der Waals surface area contributed by atoms with Crippen LogP contribution in [0.15, 0.2) is 49.2 Å². The Kier molecular flexibility index (Phi) is 5.17. The Morgan fingerprint density at radius 3 is 2.50 bits per heavy atom. The van der Waals surface area contributed by atoms with Gasteiger partial charge in [0.05, 0.1) is 0 Å². The number of nitrogens with two attached hydrogens (primary N) is 1. The highest BCUT2D eigenvalue weighted by molar-refractivity contribution is 6.48. The number of aromatic nitrogens is 1. The Bertz CT molecular complexity index is 819. The molecular formula is C18H18Cl2N2. The zero-order valence-corrected chi connectivity index (χ0v) is 14.1. The second-order valence-corrected chi connectivity index (χ2v) is 6.05. The van der Waals surface area contributed by atoms with E-state index in [1.807, 2.05) is 49.5 Å². The maximum absolute atomic E-state index is 5.83. The number of aromatic amines is 1. The van der Waals surface area contributed by atoms with Crippen molar-refractivity contribution in [1.82, 2.24) is 4.98 Å². The van der Waals surface area contributed by atoms with Crippen molar-refractivity contribution in [2.45, 2.75) is 13.8 Å². The molecule has 0 aliphatic heterocycles. The van der Waals surface area contributed by atoms with E-state index in [4.69, 9.17) is 28.9 Å². The minimum atomic E-state index is 0.492. The van der Waals surface area contributed by atoms with Crippen LogP contribution in [0.3, 0.4) is 0 Å². The van der Waals surface area contributed by atoms with Crippen LogP contribution >= 0.6 is 23.2 Å². The van der Waals surface area contributed by atoms with E-state index in [0.29, 0.717) is 10.7 Å². The quantitative estimate of drug-likeness (QED) is 0.534. The van der Waals surface area contributed by atoms with E-state index in [1.54, 1.807) is 0 Å². The Hall–Kier alpha value is -1.90. The number of nitrogen functional groups attached to an aromatic ring is 1. The summed E-state index contributed by atoms with van der Waals surface area (Å²) in [6.07, 6.45) is 1.99. The first-order valence-electron chi connectivity index (χ1n) is 6.82. The van der Waals surface area contributed by atoms with Gasteiger partial charge in [-0.1, -0.05) is 41.4 Å². The van der Waals surface area contributed by atoms with Crippen LogP contribution in [0.25, 0.3) is 15.9 Å². The highest BCUT2D eigenvalue weighted by Gasteiger charge is 2.00. The SMILES string of the molecule is C=C(Cl)c1cc(C)ccc1N.Cc1c[nH]c2ccc(Cl)cc12. The van der Waals surface area contributed by atoms with Crippen molar-refractivity contribution in [2.24, 2.45) is 0 Å². The fourth-order valence-corrected chi connectivity index (χ4v) is 2.47. The van der Waals surface area contributed by atoms with Gasteiger partial charge in [0, 0.05) is 38.4 Å². The number of aryl methyl sites for hydroxylation is 2. The molecule has 0 radical (unpaired) electrons. The Morgan fingerprint density at radius 1 is 1.14 bits per heavy atom. The smallest absolute Gasteiger partial charge is 0.0457 e. The summed E-state index contributed by atoms with van der Waals surface area (Å²) >= 11 is 11.5. The molecule has 22 heavy (non-hydrogen) atoms. The molecule has 3 aromatic rings. The lowest BCUT2D eigenvalue weighted by Gasteiger charge is -2.03. The number of rotatable bonds is 1. The molecule has 0 bridgehead atoms. The summed E-state index contributed by atoms with van der Waals surface area (Å²) < 4.78 is 0. The van der Waals surface area contributed by atoms with E-state index >= 15 is 0 Å². The Balaban J connectivity index is 0.000000160. The fourth-order valence-electron chi connectivity index (χ4n) is 2.14. The van der Waals surface area contributed by atoms with Crippen molar-refractivity contribution in [3.8, 4) is 0 Å². The van der Waals surface area contributed by atoms with Crippen LogP contribution in [0.2, 0.25) is 5.02 Å². The molecule has 0 amide bonds. The lowest BCUT2D eigenvalue weighted by atomic mass is 10.1. The van der Waals surface area contributed by atoms with Gasteiger partial charge >= 0.3 is 0 Å². The van der Waals surface area contributed by atoms with Gasteiger partial charge in [0.15, 0.2) is 0 Å². The zero-order valence-electron chi connectivity index (χ0n) is 12.6. The van der Waals surface area contributed by atoms with Gasteiger partial charge in [-0.15, -0.1) is 0 Å². The number of hydrogen-bond donors (Lipinski definition) is 2. The van der Waals surface area contributed by atoms with Crippen LogP contribution in [-0.2, 0) is 0 Å².